The van der Waals surface area contributed by atoms with Crippen molar-refractivity contribution in [3.8, 4) is 0 Å². The molecule has 2 aliphatic rings. The van der Waals surface area contributed by atoms with Crippen LogP contribution in [0.4, 0.5) is 0 Å². The number of fused-ring (bicyclic) bond motifs is 1. The van der Waals surface area contributed by atoms with Gasteiger partial charge >= 0.3 is 0 Å². The Labute approximate surface area is 188 Å². The molecule has 0 saturated heterocycles. The number of carbonyl (C=O) groups excluding carboxylic acids is 2. The summed E-state index contributed by atoms with van der Waals surface area (Å²) in [5.41, 5.74) is 10.6. The Kier molecular flexibility index (Phi) is 6.01. The molecule has 0 bridgehead atoms. The zero-order valence-corrected chi connectivity index (χ0v) is 18.9. The normalized spacial score (nSPS) is 15.6. The van der Waals surface area contributed by atoms with Crippen LogP contribution in [-0.4, -0.2) is 21.5 Å². The quantitative estimate of drug-likeness (QED) is 0.415. The van der Waals surface area contributed by atoms with Crippen LogP contribution in [0.15, 0.2) is 82.3 Å². The van der Waals surface area contributed by atoms with E-state index >= 15 is 0 Å². The zero-order valence-electron chi connectivity index (χ0n) is 18.9. The first kappa shape index (κ1) is 21.6. The number of para-hydroxylation sites is 2. The summed E-state index contributed by atoms with van der Waals surface area (Å²) in [4.78, 5) is 36.0. The van der Waals surface area contributed by atoms with E-state index in [0.717, 1.165) is 12.0 Å². The van der Waals surface area contributed by atoms with Crippen molar-refractivity contribution < 1.29 is 9.59 Å². The van der Waals surface area contributed by atoms with E-state index in [1.807, 2.05) is 30.4 Å². The zero-order chi connectivity index (χ0) is 22.8. The molecule has 0 amide bonds. The Morgan fingerprint density at radius 1 is 0.812 bits per heavy atom. The van der Waals surface area contributed by atoms with Crippen molar-refractivity contribution in [3.63, 3.8) is 0 Å². The van der Waals surface area contributed by atoms with Crippen molar-refractivity contribution in [3.05, 3.63) is 93.7 Å². The highest BCUT2D eigenvalue weighted by molar-refractivity contribution is 6.19. The van der Waals surface area contributed by atoms with E-state index in [1.54, 1.807) is 18.2 Å². The first-order valence-corrected chi connectivity index (χ1v) is 11.0. The number of carbonyl (C=O) groups is 2. The van der Waals surface area contributed by atoms with Gasteiger partial charge in [-0.3, -0.25) is 9.59 Å². The average molecular weight is 423 g/mol. The Morgan fingerprint density at radius 2 is 1.47 bits per heavy atom. The van der Waals surface area contributed by atoms with Crippen molar-refractivity contribution >= 4 is 22.6 Å². The maximum absolute atomic E-state index is 13.4. The fraction of sp³-hybridized carbons (Fsp3) is 0.286. The van der Waals surface area contributed by atoms with Crippen molar-refractivity contribution in [2.45, 2.75) is 40.5 Å². The van der Waals surface area contributed by atoms with Crippen LogP contribution in [0, 0.1) is 11.8 Å². The predicted molar refractivity (Wildman–Crippen MR) is 126 cm³/mol. The second-order valence-corrected chi connectivity index (χ2v) is 8.76. The van der Waals surface area contributed by atoms with E-state index < -0.39 is 0 Å². The standard InChI is InChI=1S/C28H26N2O2/c1-17(2)19-9-13-21(14-10-19)27(31)25-26(30-24-8-6-5-7-23(24)29-25)28(32)22-15-11-20(12-16-22)18(3)4/h5-9,11,13,15,17-18H,10,14H2,1-4H3. The molecule has 32 heavy (non-hydrogen) atoms. The molecule has 0 saturated carbocycles. The number of Topliss-reactive ketones (excluding diaryl/α,β-unsaturated/α-hetero) is 2. The Balaban J connectivity index is 1.82. The van der Waals surface area contributed by atoms with Crippen LogP contribution in [0.5, 0.6) is 0 Å². The molecule has 1 aromatic heterocycles. The van der Waals surface area contributed by atoms with Gasteiger partial charge in [-0.25, -0.2) is 9.97 Å². The lowest BCUT2D eigenvalue weighted by atomic mass is 9.88. The molecule has 1 heterocycles. The largest absolute Gasteiger partial charge is 0.287 e. The van der Waals surface area contributed by atoms with Crippen LogP contribution in [0.2, 0.25) is 0 Å². The van der Waals surface area contributed by atoms with Crippen LogP contribution >= 0.6 is 0 Å². The summed E-state index contributed by atoms with van der Waals surface area (Å²) in [5.74, 6) is 0.123. The van der Waals surface area contributed by atoms with Gasteiger partial charge in [0, 0.05) is 11.1 Å². The van der Waals surface area contributed by atoms with Crippen LogP contribution in [0.3, 0.4) is 0 Å². The first-order chi connectivity index (χ1) is 15.3. The van der Waals surface area contributed by atoms with Gasteiger partial charge in [-0.15, -0.1) is 0 Å². The first-order valence-electron chi connectivity index (χ1n) is 11.0. The third-order valence-corrected chi connectivity index (χ3v) is 5.85. The molecule has 4 rings (SSSR count). The SMILES string of the molecule is CC(C)C1=C=C=C(C(=O)c2nc3ccccc3nc2C(=O)C2=CC=C(C(C)C)CC2)C=C1. The van der Waals surface area contributed by atoms with Gasteiger partial charge in [0.2, 0.25) is 11.6 Å². The fourth-order valence-electron chi connectivity index (χ4n) is 3.79. The number of rotatable bonds is 6. The topological polar surface area (TPSA) is 59.9 Å². The third-order valence-electron chi connectivity index (χ3n) is 5.85. The lowest BCUT2D eigenvalue weighted by Crippen LogP contribution is -2.18. The second-order valence-electron chi connectivity index (χ2n) is 8.76. The molecule has 4 nitrogen and oxygen atoms in total. The smallest absolute Gasteiger partial charge is 0.222 e. The lowest BCUT2D eigenvalue weighted by Gasteiger charge is -2.17. The minimum Gasteiger partial charge on any atom is -0.287 e. The molecule has 1 aromatic carbocycles. The Hall–Kier alpha value is -3.58. The number of nitrogens with zero attached hydrogens (tertiary/aromatic N) is 2. The summed E-state index contributed by atoms with van der Waals surface area (Å²) in [6, 6.07) is 7.28. The molecule has 0 N–H and O–H groups in total. The number of hydrogen-bond donors (Lipinski definition) is 0. The fourth-order valence-corrected chi connectivity index (χ4v) is 3.79. The molecule has 0 aliphatic heterocycles. The van der Waals surface area contributed by atoms with Gasteiger partial charge in [-0.1, -0.05) is 69.0 Å². The van der Waals surface area contributed by atoms with E-state index in [0.29, 0.717) is 34.5 Å². The van der Waals surface area contributed by atoms with Crippen LogP contribution in [-0.2, 0) is 0 Å². The number of hydrogen-bond acceptors (Lipinski definition) is 4. The average Bonchev–Trinajstić information content (AvgIpc) is 2.82. The molecule has 0 radical (unpaired) electrons. The van der Waals surface area contributed by atoms with Gasteiger partial charge in [-0.05, 0) is 49.0 Å². The minimum atomic E-state index is -0.368. The molecular weight excluding hydrogens is 396 g/mol. The van der Waals surface area contributed by atoms with Crippen molar-refractivity contribution in [1.29, 1.82) is 0 Å². The predicted octanol–water partition coefficient (Wildman–Crippen LogP) is 6.13. The summed E-state index contributed by atoms with van der Waals surface area (Å²) in [7, 11) is 0. The maximum Gasteiger partial charge on any atom is 0.222 e. The molecule has 4 heteroatoms. The van der Waals surface area contributed by atoms with E-state index in [-0.39, 0.29) is 28.9 Å². The monoisotopic (exact) mass is 422 g/mol. The van der Waals surface area contributed by atoms with Crippen LogP contribution in [0.25, 0.3) is 11.0 Å². The minimum absolute atomic E-state index is 0.0650. The van der Waals surface area contributed by atoms with E-state index in [1.165, 1.54) is 5.57 Å². The van der Waals surface area contributed by atoms with Crippen molar-refractivity contribution in [1.82, 2.24) is 9.97 Å². The van der Waals surface area contributed by atoms with Crippen LogP contribution < -0.4 is 0 Å². The molecule has 160 valence electrons. The molecular formula is C28H26N2O2. The van der Waals surface area contributed by atoms with Gasteiger partial charge in [0.25, 0.3) is 0 Å². The molecule has 2 aliphatic carbocycles. The lowest BCUT2D eigenvalue weighted by molar-refractivity contribution is 0.0991. The Morgan fingerprint density at radius 3 is 1.97 bits per heavy atom. The molecule has 2 aromatic rings. The highest BCUT2D eigenvalue weighted by Crippen LogP contribution is 2.27. The van der Waals surface area contributed by atoms with Gasteiger partial charge in [-0.2, -0.15) is 0 Å². The number of aromatic nitrogens is 2. The van der Waals surface area contributed by atoms with E-state index in [4.69, 9.17) is 0 Å². The highest BCUT2D eigenvalue weighted by Gasteiger charge is 2.27. The highest BCUT2D eigenvalue weighted by atomic mass is 16.1. The number of ketones is 2. The number of allylic oxidation sites excluding steroid dienone is 8. The van der Waals surface area contributed by atoms with Gasteiger partial charge in [0.15, 0.2) is 0 Å². The molecule has 0 spiro atoms. The Bertz CT molecular complexity index is 1320. The van der Waals surface area contributed by atoms with Gasteiger partial charge in [0.05, 0.1) is 16.6 Å². The van der Waals surface area contributed by atoms with E-state index in [9.17, 15) is 9.59 Å². The molecule has 0 unspecified atom stereocenters. The summed E-state index contributed by atoms with van der Waals surface area (Å²) >= 11 is 0. The summed E-state index contributed by atoms with van der Waals surface area (Å²) < 4.78 is 0. The molecule has 0 fully saturated rings. The maximum atomic E-state index is 13.4. The molecule has 0 atom stereocenters. The summed E-state index contributed by atoms with van der Waals surface area (Å²) in [6.07, 6.45) is 8.93. The van der Waals surface area contributed by atoms with Crippen molar-refractivity contribution in [2.75, 3.05) is 0 Å². The van der Waals surface area contributed by atoms with E-state index in [2.05, 4.69) is 49.1 Å². The summed E-state index contributed by atoms with van der Waals surface area (Å²) in [5, 5.41) is 0. The van der Waals surface area contributed by atoms with Gasteiger partial charge < -0.3 is 0 Å². The van der Waals surface area contributed by atoms with Gasteiger partial charge in [0.1, 0.15) is 11.4 Å². The van der Waals surface area contributed by atoms with Crippen molar-refractivity contribution in [2.24, 2.45) is 11.8 Å². The van der Waals surface area contributed by atoms with Crippen LogP contribution in [0.1, 0.15) is 61.5 Å². The third kappa shape index (κ3) is 4.24. The summed E-state index contributed by atoms with van der Waals surface area (Å²) in [6.45, 7) is 8.42. The second kappa shape index (κ2) is 8.88. The number of benzene rings is 1.